The minimum absolute atomic E-state index is 0.00356. The fourth-order valence-corrected chi connectivity index (χ4v) is 2.03. The lowest BCUT2D eigenvalue weighted by atomic mass is 9.98. The number of thioether (sulfide) groups is 1. The van der Waals surface area contributed by atoms with E-state index in [2.05, 4.69) is 18.0 Å². The van der Waals surface area contributed by atoms with Crippen LogP contribution in [0.15, 0.2) is 23.4 Å². The van der Waals surface area contributed by atoms with Gasteiger partial charge >= 0.3 is 0 Å². The monoisotopic (exact) mass is 206 g/mol. The third-order valence-corrected chi connectivity index (χ3v) is 2.83. The van der Waals surface area contributed by atoms with Gasteiger partial charge in [0.1, 0.15) is 5.03 Å². The molecule has 0 radical (unpaired) electrons. The molecule has 1 heterocycles. The number of hydrogen-bond acceptors (Lipinski definition) is 3. The molecule has 2 nitrogen and oxygen atoms in total. The molecule has 0 aliphatic carbocycles. The molecule has 0 amide bonds. The molecule has 0 saturated carbocycles. The highest BCUT2D eigenvalue weighted by atomic mass is 32.2. The van der Waals surface area contributed by atoms with Crippen molar-refractivity contribution in [2.75, 3.05) is 6.26 Å². The van der Waals surface area contributed by atoms with E-state index < -0.39 is 0 Å². The zero-order valence-corrected chi connectivity index (χ0v) is 9.34. The van der Waals surface area contributed by atoms with Gasteiger partial charge in [-0.1, -0.05) is 19.4 Å². The Labute approximate surface area is 89.4 Å². The van der Waals surface area contributed by atoms with Gasteiger partial charge in [0.2, 0.25) is 0 Å². The lowest BCUT2D eigenvalue weighted by molar-refractivity contribution is 0.709. The van der Waals surface area contributed by atoms with Gasteiger partial charge in [0.25, 0.3) is 0 Å². The average molecular weight is 206 g/mol. The minimum atomic E-state index is -0.00356. The summed E-state index contributed by atoms with van der Waals surface area (Å²) in [6, 6.07) is 6.24. The Morgan fingerprint density at radius 2 is 2.43 bits per heavy atom. The van der Waals surface area contributed by atoms with Crippen LogP contribution in [0.2, 0.25) is 0 Å². The van der Waals surface area contributed by atoms with E-state index in [0.717, 1.165) is 23.4 Å². The zero-order valence-electron chi connectivity index (χ0n) is 8.53. The van der Waals surface area contributed by atoms with Gasteiger partial charge < -0.3 is 0 Å². The summed E-state index contributed by atoms with van der Waals surface area (Å²) in [5.41, 5.74) is 1.07. The molecule has 0 N–H and O–H groups in total. The molecule has 0 fully saturated rings. The normalized spacial score (nSPS) is 12.1. The van der Waals surface area contributed by atoms with Gasteiger partial charge in [0, 0.05) is 11.8 Å². The third kappa shape index (κ3) is 2.49. The molecule has 1 aromatic heterocycles. The number of hydrogen-bond donors (Lipinski definition) is 0. The minimum Gasteiger partial charge on any atom is -0.250 e. The van der Waals surface area contributed by atoms with E-state index in [-0.39, 0.29) is 5.92 Å². The van der Waals surface area contributed by atoms with Crippen molar-refractivity contribution in [2.24, 2.45) is 0 Å². The Bertz CT molecular complexity index is 330. The van der Waals surface area contributed by atoms with Crippen molar-refractivity contribution < 1.29 is 0 Å². The summed E-state index contributed by atoms with van der Waals surface area (Å²) in [4.78, 5) is 4.26. The predicted octanol–water partition coefficient (Wildman–Crippen LogP) is 3.21. The Morgan fingerprint density at radius 1 is 1.64 bits per heavy atom. The second kappa shape index (κ2) is 5.66. The predicted molar refractivity (Wildman–Crippen MR) is 59.3 cm³/mol. The van der Waals surface area contributed by atoms with Crippen LogP contribution in [0.25, 0.3) is 0 Å². The first-order valence-corrected chi connectivity index (χ1v) is 5.94. The molecule has 1 atom stereocenters. The molecule has 0 aliphatic heterocycles. The highest BCUT2D eigenvalue weighted by Gasteiger charge is 2.13. The van der Waals surface area contributed by atoms with Crippen molar-refractivity contribution in [3.05, 3.63) is 23.9 Å². The van der Waals surface area contributed by atoms with Crippen molar-refractivity contribution in [1.29, 1.82) is 5.26 Å². The first-order valence-electron chi connectivity index (χ1n) is 4.72. The molecule has 1 rings (SSSR count). The van der Waals surface area contributed by atoms with Crippen LogP contribution >= 0.6 is 11.8 Å². The van der Waals surface area contributed by atoms with E-state index in [1.165, 1.54) is 0 Å². The van der Waals surface area contributed by atoms with E-state index in [1.54, 1.807) is 18.0 Å². The van der Waals surface area contributed by atoms with Crippen LogP contribution in [0.5, 0.6) is 0 Å². The maximum absolute atomic E-state index is 9.04. The largest absolute Gasteiger partial charge is 0.250 e. The quantitative estimate of drug-likeness (QED) is 0.710. The van der Waals surface area contributed by atoms with Crippen molar-refractivity contribution in [2.45, 2.75) is 30.7 Å². The Hall–Kier alpha value is -1.01. The smallest absolute Gasteiger partial charge is 0.100 e. The first-order chi connectivity index (χ1) is 6.83. The fourth-order valence-electron chi connectivity index (χ4n) is 1.42. The second-order valence-electron chi connectivity index (χ2n) is 3.07. The molecule has 0 spiro atoms. The van der Waals surface area contributed by atoms with Crippen LogP contribution in [0.1, 0.15) is 31.2 Å². The molecule has 0 aliphatic rings. The molecule has 1 unspecified atom stereocenters. The van der Waals surface area contributed by atoms with E-state index in [4.69, 9.17) is 5.26 Å². The summed E-state index contributed by atoms with van der Waals surface area (Å²) < 4.78 is 0. The SMILES string of the molecule is CCCC(C#N)c1cccnc1SC. The van der Waals surface area contributed by atoms with Crippen molar-refractivity contribution in [1.82, 2.24) is 4.98 Å². The standard InChI is InChI=1S/C11H14N2S/c1-3-5-9(8-12)10-6-4-7-13-11(10)14-2/h4,6-7,9H,3,5H2,1-2H3. The molecule has 0 bridgehead atoms. The fraction of sp³-hybridized carbons (Fsp3) is 0.455. The maximum atomic E-state index is 9.04. The third-order valence-electron chi connectivity index (χ3n) is 2.10. The number of nitrogens with zero attached hydrogens (tertiary/aromatic N) is 2. The van der Waals surface area contributed by atoms with Crippen LogP contribution < -0.4 is 0 Å². The number of nitriles is 1. The van der Waals surface area contributed by atoms with Crippen LogP contribution in [-0.4, -0.2) is 11.2 Å². The number of rotatable bonds is 4. The van der Waals surface area contributed by atoms with Crippen molar-refractivity contribution in [3.63, 3.8) is 0 Å². The zero-order chi connectivity index (χ0) is 10.4. The summed E-state index contributed by atoms with van der Waals surface area (Å²) in [5, 5.41) is 10.0. The van der Waals surface area contributed by atoms with Crippen molar-refractivity contribution >= 4 is 11.8 Å². The van der Waals surface area contributed by atoms with Gasteiger partial charge in [-0.15, -0.1) is 11.8 Å². The Kier molecular flexibility index (Phi) is 4.48. The van der Waals surface area contributed by atoms with E-state index in [1.807, 2.05) is 18.4 Å². The molecule has 14 heavy (non-hydrogen) atoms. The summed E-state index contributed by atoms with van der Waals surface area (Å²) in [5.74, 6) is -0.00356. The molecule has 0 saturated heterocycles. The summed E-state index contributed by atoms with van der Waals surface area (Å²) >= 11 is 1.60. The lowest BCUT2D eigenvalue weighted by Gasteiger charge is -2.10. The van der Waals surface area contributed by atoms with Gasteiger partial charge in [0.05, 0.1) is 12.0 Å². The molecule has 1 aromatic rings. The van der Waals surface area contributed by atoms with Crippen LogP contribution in [0, 0.1) is 11.3 Å². The second-order valence-corrected chi connectivity index (χ2v) is 3.87. The molecular formula is C11H14N2S. The van der Waals surface area contributed by atoms with E-state index in [9.17, 15) is 0 Å². The number of pyridine rings is 1. The van der Waals surface area contributed by atoms with Gasteiger partial charge in [-0.2, -0.15) is 5.26 Å². The Morgan fingerprint density at radius 3 is 3.00 bits per heavy atom. The van der Waals surface area contributed by atoms with E-state index >= 15 is 0 Å². The average Bonchev–Trinajstić information content (AvgIpc) is 2.26. The maximum Gasteiger partial charge on any atom is 0.100 e. The highest BCUT2D eigenvalue weighted by Crippen LogP contribution is 2.27. The van der Waals surface area contributed by atoms with Crippen LogP contribution in [0.4, 0.5) is 0 Å². The van der Waals surface area contributed by atoms with Gasteiger partial charge in [-0.25, -0.2) is 4.98 Å². The Balaban J connectivity index is 2.97. The van der Waals surface area contributed by atoms with Crippen LogP contribution in [0.3, 0.4) is 0 Å². The summed E-state index contributed by atoms with van der Waals surface area (Å²) in [7, 11) is 0. The molecule has 0 aromatic carbocycles. The van der Waals surface area contributed by atoms with Gasteiger partial charge in [-0.05, 0) is 18.7 Å². The molecule has 74 valence electrons. The molecular weight excluding hydrogens is 192 g/mol. The van der Waals surface area contributed by atoms with Gasteiger partial charge in [0.15, 0.2) is 0 Å². The lowest BCUT2D eigenvalue weighted by Crippen LogP contribution is -1.98. The first kappa shape index (κ1) is 11.1. The van der Waals surface area contributed by atoms with Crippen molar-refractivity contribution in [3.8, 4) is 6.07 Å². The van der Waals surface area contributed by atoms with Gasteiger partial charge in [-0.3, -0.25) is 0 Å². The highest BCUT2D eigenvalue weighted by molar-refractivity contribution is 7.98. The van der Waals surface area contributed by atoms with E-state index in [0.29, 0.717) is 0 Å². The summed E-state index contributed by atoms with van der Waals surface area (Å²) in [6.07, 6.45) is 5.71. The molecule has 3 heteroatoms. The van der Waals surface area contributed by atoms with Crippen LogP contribution in [-0.2, 0) is 0 Å². The topological polar surface area (TPSA) is 36.7 Å². The number of aromatic nitrogens is 1. The summed E-state index contributed by atoms with van der Waals surface area (Å²) in [6.45, 7) is 2.10.